The van der Waals surface area contributed by atoms with Gasteiger partial charge in [-0.25, -0.2) is 4.79 Å². The molecule has 3 amide bonds. The number of imide groups is 1. The number of hydrogen-bond acceptors (Lipinski definition) is 4. The van der Waals surface area contributed by atoms with E-state index in [1.165, 1.54) is 10.5 Å². The summed E-state index contributed by atoms with van der Waals surface area (Å²) in [6, 6.07) is 10.5. The van der Waals surface area contributed by atoms with Crippen LogP contribution < -0.4 is 0 Å². The fraction of sp³-hybridized carbons (Fsp3) is 0.636. The molecule has 2 saturated heterocycles. The van der Waals surface area contributed by atoms with Crippen LogP contribution in [0.15, 0.2) is 30.3 Å². The Morgan fingerprint density at radius 3 is 2.29 bits per heavy atom. The number of carbonyl (C=O) groups excluding carboxylic acids is 2. The number of rotatable bonds is 7. The Bertz CT molecular complexity index is 686. The van der Waals surface area contributed by atoms with Gasteiger partial charge in [0, 0.05) is 37.5 Å². The molecule has 1 unspecified atom stereocenters. The summed E-state index contributed by atoms with van der Waals surface area (Å²) in [4.78, 5) is 32.4. The summed E-state index contributed by atoms with van der Waals surface area (Å²) in [6.07, 6.45) is 4.37. The van der Waals surface area contributed by atoms with Gasteiger partial charge < -0.3 is 4.90 Å². The van der Waals surface area contributed by atoms with E-state index >= 15 is 0 Å². The average molecular weight is 404 g/mol. The second-order valence-electron chi connectivity index (χ2n) is 8.31. The van der Waals surface area contributed by atoms with Crippen molar-refractivity contribution in [2.75, 3.05) is 31.6 Å². The van der Waals surface area contributed by atoms with Crippen LogP contribution >= 0.6 is 11.8 Å². The highest BCUT2D eigenvalue weighted by Crippen LogP contribution is 2.38. The summed E-state index contributed by atoms with van der Waals surface area (Å²) >= 11 is 1.86. The Balaban J connectivity index is 1.79. The first-order chi connectivity index (χ1) is 13.4. The van der Waals surface area contributed by atoms with Gasteiger partial charge in [-0.1, -0.05) is 30.3 Å². The van der Waals surface area contributed by atoms with Crippen LogP contribution in [0.3, 0.4) is 0 Å². The van der Waals surface area contributed by atoms with Crippen molar-refractivity contribution in [1.29, 1.82) is 0 Å². The lowest BCUT2D eigenvalue weighted by atomic mass is 9.85. The lowest BCUT2D eigenvalue weighted by molar-refractivity contribution is -0.136. The van der Waals surface area contributed by atoms with Crippen molar-refractivity contribution in [1.82, 2.24) is 14.7 Å². The van der Waals surface area contributed by atoms with Crippen molar-refractivity contribution >= 4 is 23.7 Å². The van der Waals surface area contributed by atoms with E-state index in [4.69, 9.17) is 0 Å². The minimum absolute atomic E-state index is 0.0118. The molecule has 0 aromatic heterocycles. The molecule has 5 nitrogen and oxygen atoms in total. The van der Waals surface area contributed by atoms with E-state index in [0.717, 1.165) is 38.1 Å². The van der Waals surface area contributed by atoms with Gasteiger partial charge in [0.2, 0.25) is 0 Å². The molecule has 3 rings (SSSR count). The van der Waals surface area contributed by atoms with Crippen molar-refractivity contribution in [3.05, 3.63) is 35.9 Å². The quantitative estimate of drug-likeness (QED) is 0.654. The fourth-order valence-corrected chi connectivity index (χ4v) is 5.25. The molecule has 2 heterocycles. The summed E-state index contributed by atoms with van der Waals surface area (Å²) in [6.45, 7) is 8.45. The molecular weight excluding hydrogens is 370 g/mol. The predicted molar refractivity (Wildman–Crippen MR) is 116 cm³/mol. The van der Waals surface area contributed by atoms with Crippen LogP contribution in [0.2, 0.25) is 0 Å². The highest BCUT2D eigenvalue weighted by Gasteiger charge is 2.58. The molecule has 2 fully saturated rings. The maximum atomic E-state index is 13.4. The molecule has 1 atom stereocenters. The van der Waals surface area contributed by atoms with Crippen molar-refractivity contribution in [2.45, 2.75) is 57.7 Å². The van der Waals surface area contributed by atoms with Crippen molar-refractivity contribution in [3.63, 3.8) is 0 Å². The summed E-state index contributed by atoms with van der Waals surface area (Å²) in [5.74, 6) is 1.10. The number of likely N-dealkylation sites (tertiary alicyclic amines) is 1. The maximum Gasteiger partial charge on any atom is 0.327 e. The largest absolute Gasteiger partial charge is 0.327 e. The van der Waals surface area contributed by atoms with Crippen LogP contribution in [0.5, 0.6) is 0 Å². The monoisotopic (exact) mass is 403 g/mol. The average Bonchev–Trinajstić information content (AvgIpc) is 2.88. The molecule has 2 aliphatic rings. The molecule has 28 heavy (non-hydrogen) atoms. The molecule has 2 aliphatic heterocycles. The molecule has 0 bridgehead atoms. The first-order valence-corrected chi connectivity index (χ1v) is 11.7. The summed E-state index contributed by atoms with van der Waals surface area (Å²) in [5, 5.41) is 0. The number of piperidine rings is 1. The molecule has 1 aromatic rings. The number of urea groups is 1. The number of hydrogen-bond donors (Lipinski definition) is 0. The Kier molecular flexibility index (Phi) is 6.71. The van der Waals surface area contributed by atoms with Gasteiger partial charge in [0.25, 0.3) is 5.91 Å². The van der Waals surface area contributed by atoms with Crippen LogP contribution in [0.4, 0.5) is 4.79 Å². The Morgan fingerprint density at radius 1 is 1.07 bits per heavy atom. The first kappa shape index (κ1) is 21.2. The summed E-state index contributed by atoms with van der Waals surface area (Å²) in [5.41, 5.74) is 0.540. The van der Waals surface area contributed by atoms with E-state index in [2.05, 4.69) is 30.2 Å². The zero-order valence-corrected chi connectivity index (χ0v) is 18.4. The van der Waals surface area contributed by atoms with Crippen LogP contribution in [-0.4, -0.2) is 75.9 Å². The van der Waals surface area contributed by atoms with Gasteiger partial charge >= 0.3 is 6.03 Å². The van der Waals surface area contributed by atoms with Crippen LogP contribution in [0.25, 0.3) is 0 Å². The van der Waals surface area contributed by atoms with Crippen molar-refractivity contribution in [3.8, 4) is 0 Å². The summed E-state index contributed by atoms with van der Waals surface area (Å²) in [7, 11) is 0. The minimum atomic E-state index is -0.661. The Labute approximate surface area is 173 Å². The van der Waals surface area contributed by atoms with Crippen LogP contribution in [0.1, 0.15) is 39.2 Å². The van der Waals surface area contributed by atoms with Gasteiger partial charge in [-0.05, 0) is 51.9 Å². The third kappa shape index (κ3) is 3.94. The summed E-state index contributed by atoms with van der Waals surface area (Å²) < 4.78 is 0. The zero-order valence-electron chi connectivity index (χ0n) is 17.6. The molecule has 1 aromatic carbocycles. The van der Waals surface area contributed by atoms with Gasteiger partial charge in [-0.2, -0.15) is 11.8 Å². The van der Waals surface area contributed by atoms with E-state index < -0.39 is 5.54 Å². The number of amides is 3. The van der Waals surface area contributed by atoms with Gasteiger partial charge in [0.15, 0.2) is 0 Å². The van der Waals surface area contributed by atoms with E-state index in [0.29, 0.717) is 12.6 Å². The maximum absolute atomic E-state index is 13.4. The van der Waals surface area contributed by atoms with Gasteiger partial charge in [-0.3, -0.25) is 14.6 Å². The third-order valence-electron chi connectivity index (χ3n) is 6.21. The lowest BCUT2D eigenvalue weighted by Gasteiger charge is -2.44. The number of thioether (sulfide) groups is 1. The van der Waals surface area contributed by atoms with E-state index in [1.807, 2.05) is 48.7 Å². The first-order valence-electron chi connectivity index (χ1n) is 10.3. The highest BCUT2D eigenvalue weighted by molar-refractivity contribution is 7.98. The molecular formula is C22H33N3O2S. The molecule has 0 saturated carbocycles. The van der Waals surface area contributed by atoms with Gasteiger partial charge in [-0.15, -0.1) is 0 Å². The smallest absolute Gasteiger partial charge is 0.309 e. The molecule has 6 heteroatoms. The molecule has 154 valence electrons. The molecule has 1 spiro atoms. The molecule has 0 aliphatic carbocycles. The van der Waals surface area contributed by atoms with Crippen molar-refractivity contribution in [2.24, 2.45) is 0 Å². The second-order valence-corrected chi connectivity index (χ2v) is 9.22. The minimum Gasteiger partial charge on any atom is -0.309 e. The lowest BCUT2D eigenvalue weighted by Crippen LogP contribution is -2.58. The van der Waals surface area contributed by atoms with Gasteiger partial charge in [0.05, 0.1) is 0 Å². The van der Waals surface area contributed by atoms with E-state index in [1.54, 1.807) is 0 Å². The fourth-order valence-electron chi connectivity index (χ4n) is 4.56. The standard InChI is InChI=1S/C22H33N3O2S/c1-17(2)25-20(26)22(11-14-23(15-12-22)18(3)16-28-4)24(21(25)27)13-10-19-8-6-5-7-9-19/h5-9,17-18H,10-16H2,1-4H3. The SMILES string of the molecule is CSCC(C)N1CCC2(CC1)C(=O)N(C(C)C)C(=O)N2CCc1ccccc1. The Hall–Kier alpha value is -1.53. The zero-order chi connectivity index (χ0) is 20.3. The molecule has 0 N–H and O–H groups in total. The predicted octanol–water partition coefficient (Wildman–Crippen LogP) is 3.49. The molecule has 0 radical (unpaired) electrons. The van der Waals surface area contributed by atoms with Crippen LogP contribution in [0, 0.1) is 0 Å². The van der Waals surface area contributed by atoms with Crippen molar-refractivity contribution < 1.29 is 9.59 Å². The highest BCUT2D eigenvalue weighted by atomic mass is 32.2. The van der Waals surface area contributed by atoms with E-state index in [9.17, 15) is 9.59 Å². The Morgan fingerprint density at radius 2 is 1.71 bits per heavy atom. The topological polar surface area (TPSA) is 43.9 Å². The van der Waals surface area contributed by atoms with Crippen LogP contribution in [-0.2, 0) is 11.2 Å². The number of benzene rings is 1. The third-order valence-corrected chi connectivity index (χ3v) is 7.03. The number of nitrogens with zero attached hydrogens (tertiary/aromatic N) is 3. The van der Waals surface area contributed by atoms with Gasteiger partial charge in [0.1, 0.15) is 5.54 Å². The normalized spacial score (nSPS) is 21.2. The number of carbonyl (C=O) groups is 2. The second kappa shape index (κ2) is 8.87. The van der Waals surface area contributed by atoms with E-state index in [-0.39, 0.29) is 18.0 Å².